The van der Waals surface area contributed by atoms with Crippen LogP contribution < -0.4 is 10.5 Å². The summed E-state index contributed by atoms with van der Waals surface area (Å²) in [5.41, 5.74) is 7.55. The number of halogens is 3. The minimum absolute atomic E-state index is 0.219. The lowest BCUT2D eigenvalue weighted by Gasteiger charge is -2.10. The number of nitrogens with zero attached hydrogens (tertiary/aromatic N) is 5. The van der Waals surface area contributed by atoms with Crippen molar-refractivity contribution in [2.24, 2.45) is 0 Å². The molecule has 2 N–H and O–H groups in total. The number of fused-ring (bicyclic) bond motifs is 1. The molecular weight excluding hydrogens is 405 g/mol. The molecule has 0 spiro atoms. The summed E-state index contributed by atoms with van der Waals surface area (Å²) in [6.07, 6.45) is -3.10. The number of ether oxygens (including phenoxy) is 1. The third-order valence-electron chi connectivity index (χ3n) is 3.60. The van der Waals surface area contributed by atoms with E-state index in [1.54, 1.807) is 23.7 Å². The highest BCUT2D eigenvalue weighted by atomic mass is 32.1. The minimum Gasteiger partial charge on any atom is -0.406 e. The average molecular weight is 422 g/mol. The van der Waals surface area contributed by atoms with Gasteiger partial charge in [-0.2, -0.15) is 9.47 Å². The predicted octanol–water partition coefficient (Wildman–Crippen LogP) is 4.51. The van der Waals surface area contributed by atoms with E-state index < -0.39 is 6.36 Å². The van der Waals surface area contributed by atoms with Crippen LogP contribution in [0.4, 0.5) is 19.0 Å². The van der Waals surface area contributed by atoms with Gasteiger partial charge in [-0.25, -0.2) is 9.97 Å². The molecule has 0 amide bonds. The Morgan fingerprint density at radius 3 is 2.66 bits per heavy atom. The molecule has 0 fully saturated rings. The number of hydrogen-bond donors (Lipinski definition) is 1. The van der Waals surface area contributed by atoms with Crippen molar-refractivity contribution in [2.75, 3.05) is 5.73 Å². The summed E-state index contributed by atoms with van der Waals surface area (Å²) in [4.78, 5) is 8.59. The van der Waals surface area contributed by atoms with Gasteiger partial charge in [-0.15, -0.1) is 13.2 Å². The van der Waals surface area contributed by atoms with E-state index in [4.69, 9.17) is 5.73 Å². The summed E-state index contributed by atoms with van der Waals surface area (Å²) in [7, 11) is 0. The highest BCUT2D eigenvalue weighted by Crippen LogP contribution is 2.25. The Bertz CT molecular complexity index is 1090. The van der Waals surface area contributed by atoms with Crippen molar-refractivity contribution < 1.29 is 17.9 Å². The summed E-state index contributed by atoms with van der Waals surface area (Å²) in [5.74, 6) is 0.331. The van der Waals surface area contributed by atoms with Gasteiger partial charge < -0.3 is 10.5 Å². The molecule has 0 aliphatic heterocycles. The Morgan fingerprint density at radius 1 is 1.17 bits per heavy atom. The molecule has 1 aromatic carbocycles. The molecule has 3 aromatic heterocycles. The molecule has 4 rings (SSSR count). The number of nitrogens with two attached hydrogens (primary N) is 1. The van der Waals surface area contributed by atoms with Crippen LogP contribution in [0.5, 0.6) is 5.75 Å². The van der Waals surface area contributed by atoms with Gasteiger partial charge >= 0.3 is 6.36 Å². The monoisotopic (exact) mass is 422 g/mol. The average Bonchev–Trinajstić information content (AvgIpc) is 3.32. The maximum atomic E-state index is 12.4. The molecule has 7 nitrogen and oxygen atoms in total. The lowest BCUT2D eigenvalue weighted by molar-refractivity contribution is -0.274. The molecule has 152 valence electrons. The topological polar surface area (TPSA) is 91.7 Å². The van der Waals surface area contributed by atoms with Crippen LogP contribution in [0.3, 0.4) is 0 Å². The standard InChI is InChI=1S/C16H11F3N6OS.C2H6/c17-16(18,19)26-10-3-1-2-9(6-10)7-25-8-11-13(20)21-15(22-14(11)23-25)12-4-5-27-24-12;1-2/h1-6,8H,7H2,(H2,20,21,22,23);1-2H3. The van der Waals surface area contributed by atoms with E-state index in [0.717, 1.165) is 0 Å². The highest BCUT2D eigenvalue weighted by molar-refractivity contribution is 7.03. The van der Waals surface area contributed by atoms with E-state index in [9.17, 15) is 13.2 Å². The van der Waals surface area contributed by atoms with Crippen LogP contribution >= 0.6 is 11.5 Å². The summed E-state index contributed by atoms with van der Waals surface area (Å²) < 4.78 is 46.7. The Morgan fingerprint density at radius 2 is 1.97 bits per heavy atom. The van der Waals surface area contributed by atoms with Crippen LogP contribution in [-0.2, 0) is 6.54 Å². The van der Waals surface area contributed by atoms with E-state index in [2.05, 4.69) is 24.2 Å². The fourth-order valence-corrected chi connectivity index (χ4v) is 3.03. The molecule has 0 saturated carbocycles. The van der Waals surface area contributed by atoms with Crippen LogP contribution in [0.15, 0.2) is 41.9 Å². The highest BCUT2D eigenvalue weighted by Gasteiger charge is 2.31. The summed E-state index contributed by atoms with van der Waals surface area (Å²) >= 11 is 1.27. The smallest absolute Gasteiger partial charge is 0.406 e. The van der Waals surface area contributed by atoms with Gasteiger partial charge in [0.2, 0.25) is 0 Å². The Labute approximate surface area is 168 Å². The summed E-state index contributed by atoms with van der Waals surface area (Å²) in [6.45, 7) is 4.22. The first-order valence-electron chi connectivity index (χ1n) is 8.63. The number of hydrogen-bond acceptors (Lipinski definition) is 7. The summed E-state index contributed by atoms with van der Waals surface area (Å²) in [5, 5.41) is 6.69. The maximum Gasteiger partial charge on any atom is 0.573 e. The van der Waals surface area contributed by atoms with Crippen LogP contribution in [0, 0.1) is 0 Å². The van der Waals surface area contributed by atoms with Crippen molar-refractivity contribution in [2.45, 2.75) is 26.8 Å². The molecule has 0 radical (unpaired) electrons. The van der Waals surface area contributed by atoms with Gasteiger partial charge in [0.15, 0.2) is 11.5 Å². The van der Waals surface area contributed by atoms with E-state index in [0.29, 0.717) is 28.1 Å². The minimum atomic E-state index is -4.74. The maximum absolute atomic E-state index is 12.4. The largest absolute Gasteiger partial charge is 0.573 e. The third-order valence-corrected chi connectivity index (χ3v) is 4.16. The third kappa shape index (κ3) is 4.99. The summed E-state index contributed by atoms with van der Waals surface area (Å²) in [6, 6.07) is 7.46. The molecule has 0 aliphatic carbocycles. The quantitative estimate of drug-likeness (QED) is 0.520. The first kappa shape index (κ1) is 20.5. The number of benzene rings is 1. The van der Waals surface area contributed by atoms with Crippen molar-refractivity contribution in [1.29, 1.82) is 0 Å². The number of nitrogen functional groups attached to an aromatic ring is 1. The zero-order valence-electron chi connectivity index (χ0n) is 15.5. The van der Waals surface area contributed by atoms with Crippen molar-refractivity contribution in [3.63, 3.8) is 0 Å². The van der Waals surface area contributed by atoms with Crippen molar-refractivity contribution in [3.05, 3.63) is 47.5 Å². The van der Waals surface area contributed by atoms with Crippen LogP contribution in [0.25, 0.3) is 22.6 Å². The lowest BCUT2D eigenvalue weighted by atomic mass is 10.2. The van der Waals surface area contributed by atoms with Crippen molar-refractivity contribution >= 4 is 28.4 Å². The van der Waals surface area contributed by atoms with Gasteiger partial charge in [0, 0.05) is 11.6 Å². The van der Waals surface area contributed by atoms with Crippen molar-refractivity contribution in [1.82, 2.24) is 24.1 Å². The molecule has 0 aliphatic rings. The second-order valence-electron chi connectivity index (χ2n) is 5.58. The Hall–Kier alpha value is -3.21. The van der Waals surface area contributed by atoms with E-state index in [1.807, 2.05) is 13.8 Å². The molecule has 29 heavy (non-hydrogen) atoms. The van der Waals surface area contributed by atoms with E-state index in [-0.39, 0.29) is 18.1 Å². The Kier molecular flexibility index (Phi) is 5.97. The first-order valence-corrected chi connectivity index (χ1v) is 9.47. The molecule has 0 atom stereocenters. The lowest BCUT2D eigenvalue weighted by Crippen LogP contribution is -2.17. The van der Waals surface area contributed by atoms with Gasteiger partial charge in [0.25, 0.3) is 0 Å². The number of alkyl halides is 3. The SMILES string of the molecule is CC.Nc1nc(-c2ccsn2)nc2nn(Cc3cccc(OC(F)(F)F)c3)cc12. The molecule has 0 saturated heterocycles. The fourth-order valence-electron chi connectivity index (χ4n) is 2.53. The number of anilines is 1. The van der Waals surface area contributed by atoms with Gasteiger partial charge in [-0.1, -0.05) is 26.0 Å². The molecule has 11 heteroatoms. The zero-order chi connectivity index (χ0) is 21.0. The van der Waals surface area contributed by atoms with Gasteiger partial charge in [-0.05, 0) is 35.3 Å². The van der Waals surface area contributed by atoms with Gasteiger partial charge in [-0.3, -0.25) is 4.68 Å². The first-order chi connectivity index (χ1) is 13.9. The molecule has 0 bridgehead atoms. The van der Waals surface area contributed by atoms with Gasteiger partial charge in [0.05, 0.1) is 11.9 Å². The second-order valence-corrected chi connectivity index (χ2v) is 6.24. The van der Waals surface area contributed by atoms with E-state index in [1.165, 1.54) is 34.4 Å². The molecule has 4 aromatic rings. The fraction of sp³-hybridized carbons (Fsp3) is 0.222. The van der Waals surface area contributed by atoms with E-state index >= 15 is 0 Å². The van der Waals surface area contributed by atoms with Crippen molar-refractivity contribution in [3.8, 4) is 17.3 Å². The number of rotatable bonds is 4. The second kappa shape index (κ2) is 8.43. The Balaban J connectivity index is 0.00000117. The molecule has 0 unspecified atom stereocenters. The molecular formula is C18H17F3N6OS. The molecule has 3 heterocycles. The normalized spacial score (nSPS) is 11.2. The van der Waals surface area contributed by atoms with Crippen LogP contribution in [0.1, 0.15) is 19.4 Å². The number of aromatic nitrogens is 5. The van der Waals surface area contributed by atoms with Crippen LogP contribution in [0.2, 0.25) is 0 Å². The van der Waals surface area contributed by atoms with Gasteiger partial charge in [0.1, 0.15) is 17.3 Å². The predicted molar refractivity (Wildman–Crippen MR) is 104 cm³/mol. The van der Waals surface area contributed by atoms with Crippen LogP contribution in [-0.4, -0.2) is 30.5 Å². The zero-order valence-corrected chi connectivity index (χ0v) is 16.3.